The normalized spacial score (nSPS) is 11.8. The summed E-state index contributed by atoms with van der Waals surface area (Å²) in [5.41, 5.74) is -0.135. The highest BCUT2D eigenvalue weighted by Gasteiger charge is 2.37. The van der Waals surface area contributed by atoms with Crippen molar-refractivity contribution in [2.75, 3.05) is 0 Å². The lowest BCUT2D eigenvalue weighted by Crippen LogP contribution is -2.23. The van der Waals surface area contributed by atoms with Crippen LogP contribution in [0.3, 0.4) is 0 Å². The average Bonchev–Trinajstić information content (AvgIpc) is 3.09. The lowest BCUT2D eigenvalue weighted by molar-refractivity contribution is 0.397. The predicted molar refractivity (Wildman–Crippen MR) is 191 cm³/mol. The molecule has 10 heteroatoms. The van der Waals surface area contributed by atoms with Gasteiger partial charge in [0.05, 0.1) is 10.6 Å². The van der Waals surface area contributed by atoms with Crippen LogP contribution < -0.4 is 28.7 Å². The van der Waals surface area contributed by atoms with Crippen molar-refractivity contribution in [1.29, 1.82) is 0 Å². The fraction of sp³-hybridized carbons (Fsp3) is 0.0769. The van der Waals surface area contributed by atoms with E-state index in [1.807, 2.05) is 38.1 Å². The van der Waals surface area contributed by atoms with Crippen molar-refractivity contribution in [1.82, 2.24) is 0 Å². The maximum absolute atomic E-state index is 14.3. The van der Waals surface area contributed by atoms with E-state index in [-0.39, 0.29) is 22.1 Å². The van der Waals surface area contributed by atoms with Gasteiger partial charge in [-0.25, -0.2) is 9.13 Å². The second-order valence-electron chi connectivity index (χ2n) is 11.6. The van der Waals surface area contributed by atoms with Gasteiger partial charge in [0.2, 0.25) is 0 Å². The highest BCUT2D eigenvalue weighted by Crippen LogP contribution is 2.51. The number of benzene rings is 6. The van der Waals surface area contributed by atoms with Crippen LogP contribution in [0.5, 0.6) is 34.5 Å². The summed E-state index contributed by atoms with van der Waals surface area (Å²) >= 11 is 0. The smallest absolute Gasteiger partial charge is 0.462 e. The SMILES string of the molecule is CC(C)(c1ccc(P(=O)(Oc2ccccc2)Oc2ccccc2)cc1O)c1ccc(P(=O)(Oc2ccccc2)Oc2ccccc2)cc1O. The fourth-order valence-corrected chi connectivity index (χ4v) is 8.48. The van der Waals surface area contributed by atoms with Crippen molar-refractivity contribution in [3.8, 4) is 34.5 Å². The van der Waals surface area contributed by atoms with E-state index in [9.17, 15) is 19.3 Å². The zero-order valence-corrected chi connectivity index (χ0v) is 28.5. The zero-order chi connectivity index (χ0) is 34.5. The van der Waals surface area contributed by atoms with Crippen LogP contribution in [0, 0.1) is 0 Å². The predicted octanol–water partition coefficient (Wildman–Crippen LogP) is 9.38. The summed E-state index contributed by atoms with van der Waals surface area (Å²) in [6.07, 6.45) is 0. The van der Waals surface area contributed by atoms with Crippen molar-refractivity contribution in [3.05, 3.63) is 169 Å². The molecule has 0 unspecified atom stereocenters. The van der Waals surface area contributed by atoms with Gasteiger partial charge in [-0.3, -0.25) is 0 Å². The van der Waals surface area contributed by atoms with Crippen molar-refractivity contribution >= 4 is 25.8 Å². The first-order valence-electron chi connectivity index (χ1n) is 15.4. The molecule has 0 spiro atoms. The van der Waals surface area contributed by atoms with Crippen LogP contribution >= 0.6 is 15.2 Å². The Labute approximate surface area is 285 Å². The molecule has 0 atom stereocenters. The Morgan fingerprint density at radius 2 is 0.694 bits per heavy atom. The number of phenols is 2. The first kappa shape index (κ1) is 33.5. The third-order valence-corrected chi connectivity index (χ3v) is 11.4. The van der Waals surface area contributed by atoms with E-state index in [2.05, 4.69) is 0 Å². The topological polar surface area (TPSA) is 112 Å². The minimum atomic E-state index is -4.05. The molecule has 0 saturated carbocycles. The van der Waals surface area contributed by atoms with Crippen LogP contribution in [0.1, 0.15) is 25.0 Å². The Hall–Kier alpha value is -5.42. The molecular weight excluding hydrogens is 658 g/mol. The lowest BCUT2D eigenvalue weighted by atomic mass is 9.77. The van der Waals surface area contributed by atoms with Crippen LogP contribution in [0.25, 0.3) is 0 Å². The van der Waals surface area contributed by atoms with Crippen molar-refractivity contribution in [2.45, 2.75) is 19.3 Å². The van der Waals surface area contributed by atoms with Gasteiger partial charge in [-0.2, -0.15) is 0 Å². The molecule has 8 nitrogen and oxygen atoms in total. The van der Waals surface area contributed by atoms with E-state index in [0.29, 0.717) is 34.1 Å². The Bertz CT molecular complexity index is 1880. The molecule has 0 saturated heterocycles. The van der Waals surface area contributed by atoms with Gasteiger partial charge in [0, 0.05) is 16.5 Å². The number of rotatable bonds is 12. The van der Waals surface area contributed by atoms with Crippen molar-refractivity contribution in [2.24, 2.45) is 0 Å². The van der Waals surface area contributed by atoms with Gasteiger partial charge in [-0.15, -0.1) is 0 Å². The largest absolute Gasteiger partial charge is 0.508 e. The number of para-hydroxylation sites is 4. The molecule has 0 fully saturated rings. The summed E-state index contributed by atoms with van der Waals surface area (Å²) in [6, 6.07) is 43.7. The molecule has 0 aromatic heterocycles. The molecule has 0 aliphatic rings. The minimum Gasteiger partial charge on any atom is -0.508 e. The van der Waals surface area contributed by atoms with E-state index in [4.69, 9.17) is 18.1 Å². The Balaban J connectivity index is 1.34. The summed E-state index contributed by atoms with van der Waals surface area (Å²) in [7, 11) is -8.10. The lowest BCUT2D eigenvalue weighted by Gasteiger charge is -2.29. The molecule has 248 valence electrons. The molecule has 2 N–H and O–H groups in total. The van der Waals surface area contributed by atoms with Crippen LogP contribution in [-0.2, 0) is 14.5 Å². The quantitative estimate of drug-likeness (QED) is 0.122. The van der Waals surface area contributed by atoms with Crippen LogP contribution in [-0.4, -0.2) is 10.2 Å². The van der Waals surface area contributed by atoms with Gasteiger partial charge < -0.3 is 28.3 Å². The van der Waals surface area contributed by atoms with E-state index in [0.717, 1.165) is 0 Å². The average molecular weight is 693 g/mol. The van der Waals surface area contributed by atoms with Gasteiger partial charge in [0.1, 0.15) is 34.5 Å². The second-order valence-corrected chi connectivity index (χ2v) is 15.4. The van der Waals surface area contributed by atoms with E-state index < -0.39 is 20.6 Å². The van der Waals surface area contributed by atoms with Crippen LogP contribution in [0.4, 0.5) is 0 Å². The Kier molecular flexibility index (Phi) is 9.55. The molecule has 0 aliphatic carbocycles. The van der Waals surface area contributed by atoms with Gasteiger partial charge in [-0.1, -0.05) is 98.8 Å². The number of hydrogen-bond acceptors (Lipinski definition) is 8. The maximum atomic E-state index is 14.3. The van der Waals surface area contributed by atoms with E-state index >= 15 is 0 Å². The van der Waals surface area contributed by atoms with E-state index in [1.165, 1.54) is 12.1 Å². The van der Waals surface area contributed by atoms with E-state index in [1.54, 1.807) is 121 Å². The number of hydrogen-bond donors (Lipinski definition) is 2. The van der Waals surface area contributed by atoms with Crippen molar-refractivity contribution in [3.63, 3.8) is 0 Å². The first-order chi connectivity index (χ1) is 23.6. The first-order valence-corrected chi connectivity index (χ1v) is 18.5. The van der Waals surface area contributed by atoms with Crippen LogP contribution in [0.2, 0.25) is 0 Å². The van der Waals surface area contributed by atoms with Gasteiger partial charge in [0.15, 0.2) is 0 Å². The third-order valence-electron chi connectivity index (χ3n) is 7.82. The second kappa shape index (κ2) is 14.0. The molecule has 6 aromatic rings. The van der Waals surface area contributed by atoms with Crippen LogP contribution in [0.15, 0.2) is 158 Å². The molecule has 0 heterocycles. The third kappa shape index (κ3) is 7.52. The monoisotopic (exact) mass is 692 g/mol. The van der Waals surface area contributed by atoms with Gasteiger partial charge in [0.25, 0.3) is 0 Å². The fourth-order valence-electron chi connectivity index (χ4n) is 5.31. The molecule has 0 radical (unpaired) electrons. The molecule has 0 bridgehead atoms. The molecule has 49 heavy (non-hydrogen) atoms. The summed E-state index contributed by atoms with van der Waals surface area (Å²) in [6.45, 7) is 3.63. The molecule has 6 aromatic carbocycles. The number of phenolic OH excluding ortho intramolecular Hbond substituents is 2. The summed E-state index contributed by atoms with van der Waals surface area (Å²) < 4.78 is 52.4. The van der Waals surface area contributed by atoms with Gasteiger partial charge in [-0.05, 0) is 72.8 Å². The molecule has 0 aliphatic heterocycles. The Morgan fingerprint density at radius 1 is 0.429 bits per heavy atom. The minimum absolute atomic E-state index is 0.133. The van der Waals surface area contributed by atoms with Gasteiger partial charge >= 0.3 is 15.2 Å². The molecule has 6 rings (SSSR count). The summed E-state index contributed by atoms with van der Waals surface area (Å²) in [5.74, 6) is 0.955. The molecule has 0 amide bonds. The number of aromatic hydroxyl groups is 2. The van der Waals surface area contributed by atoms with Crippen molar-refractivity contribution < 1.29 is 37.4 Å². The zero-order valence-electron chi connectivity index (χ0n) is 26.7. The molecular formula is C39H34O8P2. The highest BCUT2D eigenvalue weighted by molar-refractivity contribution is 7.63. The standard InChI is InChI=1S/C39H34O8P2/c1-39(2,35-25-23-33(27-37(35)40)48(42,44-29-15-7-3-8-16-29)45-30-17-9-4-10-18-30)36-26-24-34(28-38(36)41)49(43,46-31-19-11-5-12-20-31)47-32-21-13-6-14-22-32/h3-28,40-41H,1-2H3. The Morgan fingerprint density at radius 3 is 0.939 bits per heavy atom. The summed E-state index contributed by atoms with van der Waals surface area (Å²) in [5, 5.41) is 23.0. The summed E-state index contributed by atoms with van der Waals surface area (Å²) in [4.78, 5) is 0. The maximum Gasteiger partial charge on any atom is 0.462 e. The highest BCUT2D eigenvalue weighted by atomic mass is 31.2.